The van der Waals surface area contributed by atoms with Crippen LogP contribution in [0, 0.1) is 11.3 Å². The van der Waals surface area contributed by atoms with E-state index in [-0.39, 0.29) is 0 Å². The highest BCUT2D eigenvalue weighted by Crippen LogP contribution is 2.30. The molecule has 1 heterocycles. The Morgan fingerprint density at radius 2 is 1.55 bits per heavy atom. The standard InChI is InChI=1S/C15H11NO.C3H5NS/c1-3-7-12(8-4-1)14-15(17-11-16-14)13-9-5-2-6-10-13;4-2-1-3-5/h1-11H;5H,1,3H2. The van der Waals surface area contributed by atoms with Crippen molar-refractivity contribution in [1.82, 2.24) is 4.98 Å². The zero-order valence-corrected chi connectivity index (χ0v) is 12.9. The molecular weight excluding hydrogens is 292 g/mol. The molecule has 3 rings (SSSR count). The van der Waals surface area contributed by atoms with E-state index < -0.39 is 0 Å². The number of nitriles is 1. The summed E-state index contributed by atoms with van der Waals surface area (Å²) in [5, 5.41) is 7.77. The van der Waals surface area contributed by atoms with Gasteiger partial charge in [-0.3, -0.25) is 0 Å². The van der Waals surface area contributed by atoms with Gasteiger partial charge < -0.3 is 4.42 Å². The first-order valence-electron chi connectivity index (χ1n) is 6.89. The second kappa shape index (κ2) is 8.71. The van der Waals surface area contributed by atoms with E-state index in [1.807, 2.05) is 66.7 Å². The van der Waals surface area contributed by atoms with Crippen molar-refractivity contribution in [3.05, 3.63) is 67.1 Å². The van der Waals surface area contributed by atoms with Crippen LogP contribution in [-0.2, 0) is 0 Å². The Bertz CT molecular complexity index is 664. The predicted octanol–water partition coefficient (Wildman–Crippen LogP) is 4.84. The summed E-state index contributed by atoms with van der Waals surface area (Å²) in [5.74, 6) is 1.49. The molecule has 1 aromatic heterocycles. The summed E-state index contributed by atoms with van der Waals surface area (Å²) in [6.07, 6.45) is 2.05. The Hall–Kier alpha value is -2.51. The van der Waals surface area contributed by atoms with Gasteiger partial charge in [-0.05, 0) is 0 Å². The van der Waals surface area contributed by atoms with Crippen LogP contribution in [0.2, 0.25) is 0 Å². The fourth-order valence-corrected chi connectivity index (χ4v) is 1.99. The molecule has 110 valence electrons. The molecule has 0 atom stereocenters. The summed E-state index contributed by atoms with van der Waals surface area (Å²) >= 11 is 3.78. The van der Waals surface area contributed by atoms with Crippen molar-refractivity contribution < 1.29 is 4.42 Å². The van der Waals surface area contributed by atoms with Crippen molar-refractivity contribution in [2.24, 2.45) is 0 Å². The normalized spacial score (nSPS) is 9.45. The Kier molecular flexibility index (Phi) is 6.28. The van der Waals surface area contributed by atoms with Crippen LogP contribution in [-0.4, -0.2) is 10.7 Å². The van der Waals surface area contributed by atoms with Gasteiger partial charge in [0.2, 0.25) is 0 Å². The van der Waals surface area contributed by atoms with Gasteiger partial charge in [0.25, 0.3) is 0 Å². The highest BCUT2D eigenvalue weighted by Gasteiger charge is 2.11. The summed E-state index contributed by atoms with van der Waals surface area (Å²) in [6.45, 7) is 0. The minimum absolute atomic E-state index is 0.559. The largest absolute Gasteiger partial charge is 0.443 e. The number of aromatic nitrogens is 1. The number of thiol groups is 1. The molecule has 0 bridgehead atoms. The number of oxazole rings is 1. The lowest BCUT2D eigenvalue weighted by Gasteiger charge is -2.00. The van der Waals surface area contributed by atoms with Gasteiger partial charge in [0, 0.05) is 23.3 Å². The lowest BCUT2D eigenvalue weighted by atomic mass is 10.1. The molecule has 0 saturated carbocycles. The smallest absolute Gasteiger partial charge is 0.182 e. The van der Waals surface area contributed by atoms with Crippen LogP contribution in [0.1, 0.15) is 6.42 Å². The van der Waals surface area contributed by atoms with Crippen molar-refractivity contribution in [3.63, 3.8) is 0 Å². The number of nitrogens with zero attached hydrogens (tertiary/aromatic N) is 2. The van der Waals surface area contributed by atoms with E-state index in [1.165, 1.54) is 6.39 Å². The van der Waals surface area contributed by atoms with Gasteiger partial charge in [-0.1, -0.05) is 60.7 Å². The quantitative estimate of drug-likeness (QED) is 0.704. The SMILES string of the molecule is N#CCCS.c1ccc(-c2ncoc2-c2ccccc2)cc1. The second-order valence-corrected chi connectivity index (χ2v) is 4.84. The molecule has 0 N–H and O–H groups in total. The summed E-state index contributed by atoms with van der Waals surface area (Å²) in [7, 11) is 0. The number of hydrogen-bond acceptors (Lipinski definition) is 4. The third-order valence-electron chi connectivity index (χ3n) is 2.87. The average Bonchev–Trinajstić information content (AvgIpc) is 3.07. The first-order chi connectivity index (χ1) is 10.9. The molecule has 0 aliphatic rings. The van der Waals surface area contributed by atoms with Crippen LogP contribution in [0.3, 0.4) is 0 Å². The molecule has 2 aromatic carbocycles. The van der Waals surface area contributed by atoms with Crippen LogP contribution in [0.25, 0.3) is 22.6 Å². The van der Waals surface area contributed by atoms with E-state index in [2.05, 4.69) is 17.6 Å². The summed E-state index contributed by atoms with van der Waals surface area (Å²) in [6, 6.07) is 22.0. The van der Waals surface area contributed by atoms with Crippen LogP contribution < -0.4 is 0 Å². The number of rotatable bonds is 3. The van der Waals surface area contributed by atoms with Gasteiger partial charge in [0.15, 0.2) is 12.2 Å². The first-order valence-corrected chi connectivity index (χ1v) is 7.52. The Morgan fingerprint density at radius 3 is 2.05 bits per heavy atom. The topological polar surface area (TPSA) is 49.8 Å². The molecule has 0 radical (unpaired) electrons. The fourth-order valence-electron chi connectivity index (χ4n) is 1.89. The molecule has 0 unspecified atom stereocenters. The Labute approximate surface area is 135 Å². The van der Waals surface area contributed by atoms with Crippen molar-refractivity contribution in [2.45, 2.75) is 6.42 Å². The molecule has 22 heavy (non-hydrogen) atoms. The van der Waals surface area contributed by atoms with E-state index in [0.29, 0.717) is 12.2 Å². The monoisotopic (exact) mass is 308 g/mol. The van der Waals surface area contributed by atoms with Gasteiger partial charge in [0.1, 0.15) is 5.69 Å². The molecule has 4 heteroatoms. The molecule has 0 spiro atoms. The van der Waals surface area contributed by atoms with Gasteiger partial charge in [0.05, 0.1) is 6.07 Å². The zero-order chi connectivity index (χ0) is 15.6. The average molecular weight is 308 g/mol. The minimum atomic E-state index is 0.559. The molecule has 0 aliphatic carbocycles. The van der Waals surface area contributed by atoms with Crippen molar-refractivity contribution in [3.8, 4) is 28.7 Å². The zero-order valence-electron chi connectivity index (χ0n) is 12.0. The van der Waals surface area contributed by atoms with E-state index in [0.717, 1.165) is 22.6 Å². The summed E-state index contributed by atoms with van der Waals surface area (Å²) in [4.78, 5) is 4.30. The van der Waals surface area contributed by atoms with Crippen molar-refractivity contribution in [1.29, 1.82) is 5.26 Å². The van der Waals surface area contributed by atoms with E-state index >= 15 is 0 Å². The van der Waals surface area contributed by atoms with Gasteiger partial charge in [-0.25, -0.2) is 4.98 Å². The number of hydrogen-bond donors (Lipinski definition) is 1. The Morgan fingerprint density at radius 1 is 0.955 bits per heavy atom. The molecule has 3 aromatic rings. The molecule has 0 saturated heterocycles. The lowest BCUT2D eigenvalue weighted by Crippen LogP contribution is -1.81. The third-order valence-corrected chi connectivity index (χ3v) is 3.10. The van der Waals surface area contributed by atoms with Crippen molar-refractivity contribution in [2.75, 3.05) is 5.75 Å². The highest BCUT2D eigenvalue weighted by molar-refractivity contribution is 7.80. The van der Waals surface area contributed by atoms with Crippen LogP contribution >= 0.6 is 12.6 Å². The van der Waals surface area contributed by atoms with Crippen LogP contribution in [0.15, 0.2) is 71.5 Å². The lowest BCUT2D eigenvalue weighted by molar-refractivity contribution is 0.572. The van der Waals surface area contributed by atoms with Gasteiger partial charge in [-0.2, -0.15) is 17.9 Å². The van der Waals surface area contributed by atoms with Gasteiger partial charge in [-0.15, -0.1) is 0 Å². The molecular formula is C18H16N2OS. The predicted molar refractivity (Wildman–Crippen MR) is 91.5 cm³/mol. The summed E-state index contributed by atoms with van der Waals surface area (Å²) < 4.78 is 5.49. The molecule has 0 fully saturated rings. The van der Waals surface area contributed by atoms with Crippen molar-refractivity contribution >= 4 is 12.6 Å². The van der Waals surface area contributed by atoms with Gasteiger partial charge >= 0.3 is 0 Å². The highest BCUT2D eigenvalue weighted by atomic mass is 32.1. The Balaban J connectivity index is 0.000000309. The molecule has 0 amide bonds. The maximum Gasteiger partial charge on any atom is 0.182 e. The fraction of sp³-hybridized carbons (Fsp3) is 0.111. The first kappa shape index (κ1) is 15.9. The van der Waals surface area contributed by atoms with Crippen LogP contribution in [0.5, 0.6) is 0 Å². The maximum atomic E-state index is 7.77. The molecule has 3 nitrogen and oxygen atoms in total. The minimum Gasteiger partial charge on any atom is -0.443 e. The molecule has 0 aliphatic heterocycles. The second-order valence-electron chi connectivity index (χ2n) is 4.39. The van der Waals surface area contributed by atoms with E-state index in [9.17, 15) is 0 Å². The number of benzene rings is 2. The summed E-state index contributed by atoms with van der Waals surface area (Å²) in [5.41, 5.74) is 3.00. The van der Waals surface area contributed by atoms with Crippen LogP contribution in [0.4, 0.5) is 0 Å². The third kappa shape index (κ3) is 4.24. The van der Waals surface area contributed by atoms with E-state index in [1.54, 1.807) is 0 Å². The maximum absolute atomic E-state index is 7.77. The van der Waals surface area contributed by atoms with E-state index in [4.69, 9.17) is 9.68 Å².